The molecule has 3 heterocycles. The van der Waals surface area contributed by atoms with Gasteiger partial charge in [0.25, 0.3) is 0 Å². The summed E-state index contributed by atoms with van der Waals surface area (Å²) in [6.45, 7) is 1.72. The highest BCUT2D eigenvalue weighted by atomic mass is 79.9. The van der Waals surface area contributed by atoms with E-state index in [2.05, 4.69) is 26.0 Å². The van der Waals surface area contributed by atoms with E-state index in [1.165, 1.54) is 0 Å². The first-order valence-corrected chi connectivity index (χ1v) is 6.20. The zero-order valence-corrected chi connectivity index (χ0v) is 10.4. The zero-order chi connectivity index (χ0) is 11.0. The van der Waals surface area contributed by atoms with Gasteiger partial charge in [-0.05, 0) is 40.4 Å². The molecule has 0 amide bonds. The highest BCUT2D eigenvalue weighted by Crippen LogP contribution is 2.19. The number of pyridine rings is 1. The SMILES string of the molecule is Brc1cccn2nc(CC3CCOC3)nc12. The second-order valence-electron chi connectivity index (χ2n) is 4.09. The Hall–Kier alpha value is -0.940. The Morgan fingerprint density at radius 3 is 3.25 bits per heavy atom. The molecule has 1 atom stereocenters. The molecule has 2 aromatic heterocycles. The molecule has 0 aromatic carbocycles. The van der Waals surface area contributed by atoms with Gasteiger partial charge in [0.1, 0.15) is 0 Å². The molecule has 0 aliphatic carbocycles. The molecule has 3 rings (SSSR count). The quantitative estimate of drug-likeness (QED) is 0.846. The van der Waals surface area contributed by atoms with Crippen LogP contribution in [0, 0.1) is 5.92 Å². The number of rotatable bonds is 2. The Morgan fingerprint density at radius 1 is 1.56 bits per heavy atom. The Morgan fingerprint density at radius 2 is 2.50 bits per heavy atom. The number of hydrogen-bond donors (Lipinski definition) is 0. The normalized spacial score (nSPS) is 20.7. The first kappa shape index (κ1) is 10.2. The van der Waals surface area contributed by atoms with E-state index in [1.54, 1.807) is 0 Å². The largest absolute Gasteiger partial charge is 0.381 e. The minimum atomic E-state index is 0.580. The lowest BCUT2D eigenvalue weighted by Gasteiger charge is -2.01. The van der Waals surface area contributed by atoms with Crippen molar-refractivity contribution in [3.05, 3.63) is 28.6 Å². The van der Waals surface area contributed by atoms with Crippen LogP contribution in [0.5, 0.6) is 0 Å². The predicted molar refractivity (Wildman–Crippen MR) is 63.3 cm³/mol. The number of halogens is 1. The number of ether oxygens (including phenoxy) is 1. The van der Waals surface area contributed by atoms with Gasteiger partial charge >= 0.3 is 0 Å². The molecule has 1 fully saturated rings. The molecule has 1 unspecified atom stereocenters. The molecule has 0 radical (unpaired) electrons. The van der Waals surface area contributed by atoms with Crippen LogP contribution < -0.4 is 0 Å². The fourth-order valence-corrected chi connectivity index (χ4v) is 2.43. The molecule has 0 bridgehead atoms. The summed E-state index contributed by atoms with van der Waals surface area (Å²) in [6, 6.07) is 3.93. The standard InChI is InChI=1S/C11H12BrN3O/c12-9-2-1-4-15-11(9)13-10(14-15)6-8-3-5-16-7-8/h1-2,4,8H,3,5-7H2. The zero-order valence-electron chi connectivity index (χ0n) is 8.77. The van der Waals surface area contributed by atoms with Crippen LogP contribution in [-0.2, 0) is 11.2 Å². The molecule has 0 spiro atoms. The van der Waals surface area contributed by atoms with Crippen molar-refractivity contribution in [3.8, 4) is 0 Å². The third kappa shape index (κ3) is 1.85. The monoisotopic (exact) mass is 281 g/mol. The van der Waals surface area contributed by atoms with Gasteiger partial charge in [0.15, 0.2) is 11.5 Å². The van der Waals surface area contributed by atoms with Crippen molar-refractivity contribution in [2.75, 3.05) is 13.2 Å². The fraction of sp³-hybridized carbons (Fsp3) is 0.455. The van der Waals surface area contributed by atoms with Crippen LogP contribution in [0.4, 0.5) is 0 Å². The predicted octanol–water partition coefficient (Wildman–Crippen LogP) is 2.07. The lowest BCUT2D eigenvalue weighted by Crippen LogP contribution is -2.05. The number of fused-ring (bicyclic) bond motifs is 1. The molecule has 5 heteroatoms. The van der Waals surface area contributed by atoms with Gasteiger partial charge in [0.05, 0.1) is 4.47 Å². The smallest absolute Gasteiger partial charge is 0.169 e. The average Bonchev–Trinajstić information content (AvgIpc) is 2.88. The van der Waals surface area contributed by atoms with Crippen molar-refractivity contribution in [3.63, 3.8) is 0 Å². The summed E-state index contributed by atoms with van der Waals surface area (Å²) in [6.07, 6.45) is 3.95. The van der Waals surface area contributed by atoms with Crippen molar-refractivity contribution >= 4 is 21.6 Å². The number of hydrogen-bond acceptors (Lipinski definition) is 3. The molecule has 2 aromatic rings. The molecule has 1 aliphatic rings. The van der Waals surface area contributed by atoms with Crippen LogP contribution in [0.2, 0.25) is 0 Å². The van der Waals surface area contributed by atoms with E-state index in [0.717, 1.165) is 42.0 Å². The number of nitrogens with zero attached hydrogens (tertiary/aromatic N) is 3. The lowest BCUT2D eigenvalue weighted by atomic mass is 10.1. The van der Waals surface area contributed by atoms with E-state index < -0.39 is 0 Å². The van der Waals surface area contributed by atoms with E-state index in [1.807, 2.05) is 22.8 Å². The third-order valence-electron chi connectivity index (χ3n) is 2.85. The lowest BCUT2D eigenvalue weighted by molar-refractivity contribution is 0.185. The molecule has 84 valence electrons. The van der Waals surface area contributed by atoms with E-state index in [9.17, 15) is 0 Å². The second-order valence-corrected chi connectivity index (χ2v) is 4.94. The topological polar surface area (TPSA) is 39.4 Å². The summed E-state index contributed by atoms with van der Waals surface area (Å²) in [5, 5.41) is 4.46. The first-order chi connectivity index (χ1) is 7.83. The van der Waals surface area contributed by atoms with E-state index in [0.29, 0.717) is 5.92 Å². The second kappa shape index (κ2) is 4.14. The van der Waals surface area contributed by atoms with Gasteiger partial charge < -0.3 is 4.74 Å². The Labute approximate surface area is 102 Å². The Kier molecular flexibility index (Phi) is 2.65. The third-order valence-corrected chi connectivity index (χ3v) is 3.47. The van der Waals surface area contributed by atoms with Crippen molar-refractivity contribution in [1.82, 2.24) is 14.6 Å². The fourth-order valence-electron chi connectivity index (χ4n) is 2.01. The van der Waals surface area contributed by atoms with Gasteiger partial charge in [-0.2, -0.15) is 5.10 Å². The molecular formula is C11H12BrN3O. The molecule has 0 N–H and O–H groups in total. The minimum Gasteiger partial charge on any atom is -0.381 e. The summed E-state index contributed by atoms with van der Waals surface area (Å²) >= 11 is 3.47. The highest BCUT2D eigenvalue weighted by Gasteiger charge is 2.18. The van der Waals surface area contributed by atoms with Crippen LogP contribution in [0.25, 0.3) is 5.65 Å². The number of aromatic nitrogens is 3. The summed E-state index contributed by atoms with van der Waals surface area (Å²) in [4.78, 5) is 4.53. The van der Waals surface area contributed by atoms with Gasteiger partial charge in [0, 0.05) is 25.8 Å². The molecule has 0 saturated carbocycles. The maximum atomic E-state index is 5.36. The summed E-state index contributed by atoms with van der Waals surface area (Å²) < 4.78 is 8.15. The van der Waals surface area contributed by atoms with Crippen LogP contribution in [0.1, 0.15) is 12.2 Å². The molecule has 1 aliphatic heterocycles. The van der Waals surface area contributed by atoms with E-state index in [4.69, 9.17) is 4.74 Å². The van der Waals surface area contributed by atoms with Crippen molar-refractivity contribution in [2.24, 2.45) is 5.92 Å². The van der Waals surface area contributed by atoms with Gasteiger partial charge in [-0.15, -0.1) is 0 Å². The van der Waals surface area contributed by atoms with Crippen LogP contribution in [0.3, 0.4) is 0 Å². The molecule has 1 saturated heterocycles. The summed E-state index contributed by atoms with van der Waals surface area (Å²) in [5.41, 5.74) is 0.886. The van der Waals surface area contributed by atoms with Crippen LogP contribution in [-0.4, -0.2) is 27.8 Å². The molecule has 4 nitrogen and oxygen atoms in total. The minimum absolute atomic E-state index is 0.580. The van der Waals surface area contributed by atoms with Gasteiger partial charge in [-0.25, -0.2) is 9.50 Å². The van der Waals surface area contributed by atoms with Crippen molar-refractivity contribution in [1.29, 1.82) is 0 Å². The Balaban J connectivity index is 1.90. The van der Waals surface area contributed by atoms with Gasteiger partial charge in [-0.1, -0.05) is 0 Å². The van der Waals surface area contributed by atoms with Gasteiger partial charge in [-0.3, -0.25) is 0 Å². The first-order valence-electron chi connectivity index (χ1n) is 5.40. The maximum Gasteiger partial charge on any atom is 0.169 e. The summed E-state index contributed by atoms with van der Waals surface area (Å²) in [7, 11) is 0. The van der Waals surface area contributed by atoms with Crippen LogP contribution >= 0.6 is 15.9 Å². The molecule has 16 heavy (non-hydrogen) atoms. The maximum absolute atomic E-state index is 5.36. The molecular weight excluding hydrogens is 270 g/mol. The van der Waals surface area contributed by atoms with E-state index >= 15 is 0 Å². The van der Waals surface area contributed by atoms with Gasteiger partial charge in [0.2, 0.25) is 0 Å². The summed E-state index contributed by atoms with van der Waals surface area (Å²) in [5.74, 6) is 1.48. The van der Waals surface area contributed by atoms with Crippen molar-refractivity contribution in [2.45, 2.75) is 12.8 Å². The van der Waals surface area contributed by atoms with E-state index in [-0.39, 0.29) is 0 Å². The Bertz CT molecular complexity index is 505. The average molecular weight is 282 g/mol. The highest BCUT2D eigenvalue weighted by molar-refractivity contribution is 9.10. The van der Waals surface area contributed by atoms with Crippen molar-refractivity contribution < 1.29 is 4.74 Å². The van der Waals surface area contributed by atoms with Crippen LogP contribution in [0.15, 0.2) is 22.8 Å².